The smallest absolute Gasteiger partial charge is 0.481 e. The lowest BCUT2D eigenvalue weighted by Crippen LogP contribution is -2.42. The number of rotatable bonds is 6. The highest BCUT2D eigenvalue weighted by Crippen LogP contribution is 2.25. The van der Waals surface area contributed by atoms with Gasteiger partial charge < -0.3 is 18.9 Å². The van der Waals surface area contributed by atoms with Gasteiger partial charge in [0.05, 0.1) is 5.69 Å². The van der Waals surface area contributed by atoms with Crippen molar-refractivity contribution in [1.82, 2.24) is 15.0 Å². The molecule has 10 heteroatoms. The first-order chi connectivity index (χ1) is 14.2. The van der Waals surface area contributed by atoms with Gasteiger partial charge in [0.2, 0.25) is 0 Å². The molecule has 7 nitrogen and oxygen atoms in total. The number of aryl methyl sites for hydroxylation is 1. The Morgan fingerprint density at radius 2 is 1.87 bits per heavy atom. The normalized spacial score (nSPS) is 16.8. The monoisotopic (exact) mass is 427 g/mol. The summed E-state index contributed by atoms with van der Waals surface area (Å²) in [5, 5.41) is 4.01. The summed E-state index contributed by atoms with van der Waals surface area (Å²) in [5.74, 6) is 0.553. The Kier molecular flexibility index (Phi) is 6.86. The molecule has 2 aromatic rings. The van der Waals surface area contributed by atoms with Gasteiger partial charge in [-0.25, -0.2) is 0 Å². The molecule has 1 amide bonds. The molecule has 3 rings (SSSR count). The summed E-state index contributed by atoms with van der Waals surface area (Å²) in [5.41, 5.74) is 0.863. The predicted molar refractivity (Wildman–Crippen MR) is 101 cm³/mol. The average molecular weight is 427 g/mol. The van der Waals surface area contributed by atoms with Gasteiger partial charge in [-0.3, -0.25) is 9.69 Å². The lowest BCUT2D eigenvalue weighted by atomic mass is 10.3. The zero-order valence-electron chi connectivity index (χ0n) is 16.8. The maximum atomic E-state index is 12.8. The Morgan fingerprint density at radius 3 is 2.50 bits per heavy atom. The lowest BCUT2D eigenvalue weighted by Gasteiger charge is -2.25. The number of halogens is 3. The fraction of sp³-hybridized carbons (Fsp3) is 0.500. The zero-order valence-corrected chi connectivity index (χ0v) is 16.8. The van der Waals surface area contributed by atoms with E-state index >= 15 is 0 Å². The summed E-state index contributed by atoms with van der Waals surface area (Å²) < 4.78 is 51.2. The van der Waals surface area contributed by atoms with E-state index in [0.29, 0.717) is 31.9 Å². The molecule has 0 aliphatic carbocycles. The molecule has 1 atom stereocenters. The summed E-state index contributed by atoms with van der Waals surface area (Å²) in [4.78, 5) is 16.7. The van der Waals surface area contributed by atoms with E-state index in [1.165, 1.54) is 12.1 Å². The number of benzene rings is 1. The molecule has 0 saturated carbocycles. The zero-order chi connectivity index (χ0) is 21.7. The van der Waals surface area contributed by atoms with Crippen LogP contribution in [0.15, 0.2) is 34.9 Å². The number of carbonyl (C=O) groups excluding carboxylic acids is 1. The van der Waals surface area contributed by atoms with E-state index in [-0.39, 0.29) is 11.7 Å². The number of carbonyl (C=O) groups is 1. The molecule has 1 fully saturated rings. The first-order valence-electron chi connectivity index (χ1n) is 9.65. The molecule has 1 unspecified atom stereocenters. The second-order valence-electron chi connectivity index (χ2n) is 7.16. The number of amides is 1. The van der Waals surface area contributed by atoms with Crippen LogP contribution in [-0.4, -0.2) is 59.5 Å². The highest BCUT2D eigenvalue weighted by molar-refractivity contribution is 5.81. The molecule has 1 saturated heterocycles. The van der Waals surface area contributed by atoms with Gasteiger partial charge in [0.25, 0.3) is 5.91 Å². The number of aromatic nitrogens is 1. The van der Waals surface area contributed by atoms with Gasteiger partial charge in [-0.1, -0.05) is 5.16 Å². The summed E-state index contributed by atoms with van der Waals surface area (Å²) in [6.45, 7) is 6.85. The molecule has 0 radical (unpaired) electrons. The lowest BCUT2D eigenvalue weighted by molar-refractivity contribution is -0.274. The highest BCUT2D eigenvalue weighted by atomic mass is 19.4. The molecule has 2 heterocycles. The van der Waals surface area contributed by atoms with Crippen molar-refractivity contribution in [1.29, 1.82) is 0 Å². The SMILES string of the molecule is Cc1cc(CN2CCCN(C(=O)C(C)Oc3ccc(OC(F)(F)F)cc3)CC2)no1. The van der Waals surface area contributed by atoms with Crippen LogP contribution in [0.1, 0.15) is 24.8 Å². The Bertz CT molecular complexity index is 839. The summed E-state index contributed by atoms with van der Waals surface area (Å²) in [7, 11) is 0. The van der Waals surface area contributed by atoms with Crippen LogP contribution in [0.4, 0.5) is 13.2 Å². The molecule has 1 aliphatic heterocycles. The van der Waals surface area contributed by atoms with E-state index in [2.05, 4.69) is 14.8 Å². The third-order valence-electron chi connectivity index (χ3n) is 4.68. The van der Waals surface area contributed by atoms with Gasteiger partial charge >= 0.3 is 6.36 Å². The van der Waals surface area contributed by atoms with Crippen molar-refractivity contribution in [3.05, 3.63) is 41.8 Å². The molecule has 1 aromatic heterocycles. The number of hydrogen-bond donors (Lipinski definition) is 0. The average Bonchev–Trinajstić information content (AvgIpc) is 2.94. The predicted octanol–water partition coefficient (Wildman–Crippen LogP) is 3.38. The van der Waals surface area contributed by atoms with Crippen molar-refractivity contribution >= 4 is 5.91 Å². The molecule has 1 aliphatic rings. The second kappa shape index (κ2) is 9.38. The Balaban J connectivity index is 1.50. The molecule has 0 N–H and O–H groups in total. The fourth-order valence-corrected chi connectivity index (χ4v) is 3.30. The Labute approximate surface area is 172 Å². The van der Waals surface area contributed by atoms with Crippen LogP contribution < -0.4 is 9.47 Å². The van der Waals surface area contributed by atoms with Gasteiger partial charge in [0.1, 0.15) is 17.3 Å². The van der Waals surface area contributed by atoms with Crippen molar-refractivity contribution in [3.63, 3.8) is 0 Å². The van der Waals surface area contributed by atoms with E-state index in [9.17, 15) is 18.0 Å². The van der Waals surface area contributed by atoms with Gasteiger partial charge in [0, 0.05) is 38.8 Å². The first kappa shape index (κ1) is 21.9. The van der Waals surface area contributed by atoms with Crippen LogP contribution in [0.2, 0.25) is 0 Å². The quantitative estimate of drug-likeness (QED) is 0.704. The number of nitrogens with zero attached hydrogens (tertiary/aromatic N) is 3. The number of hydrogen-bond acceptors (Lipinski definition) is 6. The molecule has 164 valence electrons. The highest BCUT2D eigenvalue weighted by Gasteiger charge is 2.31. The van der Waals surface area contributed by atoms with Crippen LogP contribution in [-0.2, 0) is 11.3 Å². The topological polar surface area (TPSA) is 68.0 Å². The van der Waals surface area contributed by atoms with E-state index in [4.69, 9.17) is 9.26 Å². The van der Waals surface area contributed by atoms with Crippen molar-refractivity contribution in [2.45, 2.75) is 39.3 Å². The minimum atomic E-state index is -4.75. The number of alkyl halides is 3. The van der Waals surface area contributed by atoms with E-state index < -0.39 is 12.5 Å². The standard InChI is InChI=1S/C20H24F3N3O4/c1-14-12-16(24-30-14)13-25-8-3-9-26(11-10-25)19(27)15(2)28-17-4-6-18(7-5-17)29-20(21,22)23/h4-7,12,15H,3,8-11,13H2,1-2H3. The molecule has 1 aromatic carbocycles. The minimum Gasteiger partial charge on any atom is -0.481 e. The fourth-order valence-electron chi connectivity index (χ4n) is 3.30. The first-order valence-corrected chi connectivity index (χ1v) is 9.65. The Morgan fingerprint density at radius 1 is 1.17 bits per heavy atom. The van der Waals surface area contributed by atoms with Crippen molar-refractivity contribution < 1.29 is 32.0 Å². The van der Waals surface area contributed by atoms with Crippen LogP contribution in [0, 0.1) is 6.92 Å². The van der Waals surface area contributed by atoms with Gasteiger partial charge in [-0.2, -0.15) is 0 Å². The summed E-state index contributed by atoms with van der Waals surface area (Å²) >= 11 is 0. The van der Waals surface area contributed by atoms with E-state index in [0.717, 1.165) is 36.6 Å². The molecular weight excluding hydrogens is 403 g/mol. The van der Waals surface area contributed by atoms with Crippen LogP contribution >= 0.6 is 0 Å². The molecule has 0 bridgehead atoms. The molecule has 30 heavy (non-hydrogen) atoms. The molecule has 0 spiro atoms. The maximum Gasteiger partial charge on any atom is 0.573 e. The van der Waals surface area contributed by atoms with Crippen LogP contribution in [0.5, 0.6) is 11.5 Å². The number of ether oxygens (including phenoxy) is 2. The summed E-state index contributed by atoms with van der Waals surface area (Å²) in [6, 6.07) is 6.88. The summed E-state index contributed by atoms with van der Waals surface area (Å²) in [6.07, 6.45) is -4.69. The third-order valence-corrected chi connectivity index (χ3v) is 4.68. The van der Waals surface area contributed by atoms with Crippen LogP contribution in [0.25, 0.3) is 0 Å². The molecular formula is C20H24F3N3O4. The van der Waals surface area contributed by atoms with Crippen molar-refractivity contribution in [2.24, 2.45) is 0 Å². The van der Waals surface area contributed by atoms with Crippen molar-refractivity contribution in [3.8, 4) is 11.5 Å². The maximum absolute atomic E-state index is 12.8. The van der Waals surface area contributed by atoms with Gasteiger partial charge in [-0.15, -0.1) is 13.2 Å². The second-order valence-corrected chi connectivity index (χ2v) is 7.16. The Hall–Kier alpha value is -2.75. The van der Waals surface area contributed by atoms with Gasteiger partial charge in [0.15, 0.2) is 6.10 Å². The third kappa shape index (κ3) is 6.38. The minimum absolute atomic E-state index is 0.162. The van der Waals surface area contributed by atoms with Crippen LogP contribution in [0.3, 0.4) is 0 Å². The van der Waals surface area contributed by atoms with Crippen molar-refractivity contribution in [2.75, 3.05) is 26.2 Å². The largest absolute Gasteiger partial charge is 0.573 e. The van der Waals surface area contributed by atoms with E-state index in [1.54, 1.807) is 11.8 Å². The van der Waals surface area contributed by atoms with Gasteiger partial charge in [-0.05, 0) is 44.5 Å². The van der Waals surface area contributed by atoms with E-state index in [1.807, 2.05) is 13.0 Å².